The van der Waals surface area contributed by atoms with Gasteiger partial charge in [0.1, 0.15) is 5.83 Å². The smallest absolute Gasteiger partial charge is 0.126 e. The summed E-state index contributed by atoms with van der Waals surface area (Å²) >= 11 is 0. The van der Waals surface area contributed by atoms with E-state index in [2.05, 4.69) is 49.6 Å². The standard InChI is InChI=1S/C26H27F/c1-3-5-7-20-9-12-22(13-10-20)23-14-16-24(17-15-23)25-18-11-21(8-6-4-2)19-26(25)27/h3-4,9-10,12-17,19H,1-2,5-8,11,18H2. The van der Waals surface area contributed by atoms with Gasteiger partial charge in [-0.25, -0.2) is 4.39 Å². The van der Waals surface area contributed by atoms with Crippen LogP contribution in [0.25, 0.3) is 16.7 Å². The molecule has 2 aromatic carbocycles. The SMILES string of the molecule is C=CCCC1=CC(F)=C(c2ccc(-c3ccc(CCC=C)cc3)cc2)CC1. The first-order chi connectivity index (χ1) is 13.2. The number of rotatable bonds is 8. The highest BCUT2D eigenvalue weighted by atomic mass is 19.1. The van der Waals surface area contributed by atoms with Crippen molar-refractivity contribution < 1.29 is 4.39 Å². The zero-order chi connectivity index (χ0) is 19.1. The van der Waals surface area contributed by atoms with Gasteiger partial charge in [0.15, 0.2) is 0 Å². The van der Waals surface area contributed by atoms with Crippen LogP contribution in [0.1, 0.15) is 43.2 Å². The summed E-state index contributed by atoms with van der Waals surface area (Å²) in [6, 6.07) is 16.9. The Balaban J connectivity index is 1.74. The third-order valence-corrected chi connectivity index (χ3v) is 5.14. The van der Waals surface area contributed by atoms with E-state index in [1.807, 2.05) is 24.3 Å². The van der Waals surface area contributed by atoms with Crippen LogP contribution in [0.3, 0.4) is 0 Å². The fourth-order valence-electron chi connectivity index (χ4n) is 3.51. The van der Waals surface area contributed by atoms with Crippen molar-refractivity contribution in [1.29, 1.82) is 0 Å². The molecular weight excluding hydrogens is 331 g/mol. The van der Waals surface area contributed by atoms with Gasteiger partial charge in [0, 0.05) is 0 Å². The molecule has 27 heavy (non-hydrogen) atoms. The van der Waals surface area contributed by atoms with Crippen molar-refractivity contribution in [1.82, 2.24) is 0 Å². The van der Waals surface area contributed by atoms with Crippen LogP contribution in [-0.2, 0) is 6.42 Å². The molecule has 0 unspecified atom stereocenters. The average molecular weight is 359 g/mol. The van der Waals surface area contributed by atoms with Crippen LogP contribution in [0, 0.1) is 0 Å². The number of hydrogen-bond donors (Lipinski definition) is 0. The van der Waals surface area contributed by atoms with Crippen LogP contribution in [0.4, 0.5) is 4.39 Å². The molecule has 0 N–H and O–H groups in total. The summed E-state index contributed by atoms with van der Waals surface area (Å²) in [6.07, 6.45) is 11.1. The third kappa shape index (κ3) is 4.95. The quantitative estimate of drug-likeness (QED) is 0.422. The molecule has 0 heterocycles. The zero-order valence-electron chi connectivity index (χ0n) is 15.9. The van der Waals surface area contributed by atoms with Crippen molar-refractivity contribution >= 4 is 5.57 Å². The summed E-state index contributed by atoms with van der Waals surface area (Å²) in [5, 5.41) is 0. The predicted molar refractivity (Wildman–Crippen MR) is 115 cm³/mol. The largest absolute Gasteiger partial charge is 0.207 e. The van der Waals surface area contributed by atoms with E-state index in [1.165, 1.54) is 16.7 Å². The highest BCUT2D eigenvalue weighted by Crippen LogP contribution is 2.34. The predicted octanol–water partition coefficient (Wildman–Crippen LogP) is 7.84. The lowest BCUT2D eigenvalue weighted by Gasteiger charge is -2.16. The van der Waals surface area contributed by atoms with Gasteiger partial charge in [0.2, 0.25) is 0 Å². The molecular formula is C26H27F. The normalized spacial score (nSPS) is 14.0. The summed E-state index contributed by atoms with van der Waals surface area (Å²) < 4.78 is 14.6. The second-order valence-electron chi connectivity index (χ2n) is 7.06. The molecule has 1 aliphatic carbocycles. The van der Waals surface area contributed by atoms with Gasteiger partial charge >= 0.3 is 0 Å². The number of halogens is 1. The lowest BCUT2D eigenvalue weighted by atomic mass is 9.90. The van der Waals surface area contributed by atoms with E-state index in [9.17, 15) is 4.39 Å². The summed E-state index contributed by atoms with van der Waals surface area (Å²) in [6.45, 7) is 7.51. The average Bonchev–Trinajstić information content (AvgIpc) is 2.71. The lowest BCUT2D eigenvalue weighted by Crippen LogP contribution is -1.97. The first-order valence-electron chi connectivity index (χ1n) is 9.71. The first kappa shape index (κ1) is 19.1. The van der Waals surface area contributed by atoms with Crippen molar-refractivity contribution in [2.75, 3.05) is 0 Å². The van der Waals surface area contributed by atoms with Gasteiger partial charge in [-0.2, -0.15) is 0 Å². The molecule has 0 amide bonds. The van der Waals surface area contributed by atoms with Gasteiger partial charge in [-0.15, -0.1) is 13.2 Å². The maximum absolute atomic E-state index is 14.6. The summed E-state index contributed by atoms with van der Waals surface area (Å²) in [7, 11) is 0. The van der Waals surface area contributed by atoms with E-state index in [0.717, 1.165) is 55.2 Å². The van der Waals surface area contributed by atoms with Crippen LogP contribution in [0.5, 0.6) is 0 Å². The molecule has 0 saturated heterocycles. The molecule has 0 bridgehead atoms. The first-order valence-corrected chi connectivity index (χ1v) is 9.71. The van der Waals surface area contributed by atoms with Crippen LogP contribution >= 0.6 is 0 Å². The molecule has 0 aromatic heterocycles. The van der Waals surface area contributed by atoms with E-state index in [0.29, 0.717) is 0 Å². The maximum atomic E-state index is 14.6. The summed E-state index contributed by atoms with van der Waals surface area (Å²) in [5.41, 5.74) is 6.66. The van der Waals surface area contributed by atoms with Gasteiger partial charge in [0.25, 0.3) is 0 Å². The molecule has 0 saturated carbocycles. The minimum absolute atomic E-state index is 0.0837. The summed E-state index contributed by atoms with van der Waals surface area (Å²) in [4.78, 5) is 0. The van der Waals surface area contributed by atoms with E-state index in [4.69, 9.17) is 0 Å². The van der Waals surface area contributed by atoms with E-state index in [-0.39, 0.29) is 5.83 Å². The van der Waals surface area contributed by atoms with Crippen molar-refractivity contribution in [2.45, 2.75) is 38.5 Å². The Hall–Kier alpha value is -2.67. The number of hydrogen-bond acceptors (Lipinski definition) is 0. The Kier molecular flexibility index (Phi) is 6.59. The molecule has 0 nitrogen and oxygen atoms in total. The molecule has 0 atom stereocenters. The highest BCUT2D eigenvalue weighted by molar-refractivity contribution is 5.74. The Morgan fingerprint density at radius 3 is 1.89 bits per heavy atom. The Bertz CT molecular complexity index is 848. The van der Waals surface area contributed by atoms with Gasteiger partial charge in [-0.05, 0) is 72.4 Å². The van der Waals surface area contributed by atoms with Crippen molar-refractivity contribution in [2.24, 2.45) is 0 Å². The number of allylic oxidation sites excluding steroid dienone is 6. The highest BCUT2D eigenvalue weighted by Gasteiger charge is 2.15. The third-order valence-electron chi connectivity index (χ3n) is 5.14. The van der Waals surface area contributed by atoms with Crippen molar-refractivity contribution in [3.63, 3.8) is 0 Å². The van der Waals surface area contributed by atoms with Crippen molar-refractivity contribution in [3.05, 3.63) is 102 Å². The number of aryl methyl sites for hydroxylation is 1. The van der Waals surface area contributed by atoms with Crippen LogP contribution < -0.4 is 0 Å². The van der Waals surface area contributed by atoms with Gasteiger partial charge in [-0.1, -0.05) is 66.3 Å². The second kappa shape index (κ2) is 9.32. The second-order valence-corrected chi connectivity index (χ2v) is 7.06. The van der Waals surface area contributed by atoms with E-state index >= 15 is 0 Å². The minimum Gasteiger partial charge on any atom is -0.207 e. The Morgan fingerprint density at radius 1 is 0.741 bits per heavy atom. The molecule has 1 aliphatic rings. The molecule has 1 heteroatoms. The number of benzene rings is 2. The minimum atomic E-state index is -0.0837. The molecule has 0 spiro atoms. The van der Waals surface area contributed by atoms with Gasteiger partial charge in [0.05, 0.1) is 0 Å². The Morgan fingerprint density at radius 2 is 1.30 bits per heavy atom. The lowest BCUT2D eigenvalue weighted by molar-refractivity contribution is 0.650. The molecule has 0 aliphatic heterocycles. The molecule has 0 radical (unpaired) electrons. The maximum Gasteiger partial charge on any atom is 0.126 e. The molecule has 138 valence electrons. The fraction of sp³-hybridized carbons (Fsp3) is 0.231. The van der Waals surface area contributed by atoms with E-state index < -0.39 is 0 Å². The zero-order valence-corrected chi connectivity index (χ0v) is 15.9. The Labute approximate surface area is 162 Å². The van der Waals surface area contributed by atoms with Crippen LogP contribution in [-0.4, -0.2) is 0 Å². The monoisotopic (exact) mass is 358 g/mol. The fourth-order valence-corrected chi connectivity index (χ4v) is 3.51. The van der Waals surface area contributed by atoms with Crippen LogP contribution in [0.2, 0.25) is 0 Å². The van der Waals surface area contributed by atoms with Crippen molar-refractivity contribution in [3.8, 4) is 11.1 Å². The van der Waals surface area contributed by atoms with Gasteiger partial charge in [-0.3, -0.25) is 0 Å². The molecule has 3 rings (SSSR count). The topological polar surface area (TPSA) is 0 Å². The van der Waals surface area contributed by atoms with E-state index in [1.54, 1.807) is 6.08 Å². The molecule has 0 fully saturated rings. The summed E-state index contributed by atoms with van der Waals surface area (Å²) in [5.74, 6) is -0.0837. The molecule has 2 aromatic rings. The van der Waals surface area contributed by atoms with Crippen LogP contribution in [0.15, 0.2) is 91.3 Å². The van der Waals surface area contributed by atoms with Gasteiger partial charge < -0.3 is 0 Å².